The molecule has 1 aliphatic heterocycles. The molecule has 0 spiro atoms. The van der Waals surface area contributed by atoms with Crippen LogP contribution in [-0.2, 0) is 14.6 Å². The Balaban J connectivity index is 1.95. The van der Waals surface area contributed by atoms with E-state index in [1.54, 1.807) is 12.1 Å². The average molecular weight is 386 g/mol. The van der Waals surface area contributed by atoms with Gasteiger partial charge in [-0.2, -0.15) is 0 Å². The fourth-order valence-electron chi connectivity index (χ4n) is 2.96. The van der Waals surface area contributed by atoms with Gasteiger partial charge in [0.2, 0.25) is 11.7 Å². The van der Waals surface area contributed by atoms with Gasteiger partial charge in [0, 0.05) is 36.8 Å². The van der Waals surface area contributed by atoms with E-state index in [0.29, 0.717) is 35.9 Å². The Kier molecular flexibility index (Phi) is 6.71. The van der Waals surface area contributed by atoms with E-state index in [-0.39, 0.29) is 29.9 Å². The van der Waals surface area contributed by atoms with Crippen molar-refractivity contribution in [1.82, 2.24) is 4.90 Å². The number of methoxy groups -OCH3 is 3. The van der Waals surface area contributed by atoms with Gasteiger partial charge in [-0.25, -0.2) is 8.42 Å². The number of nitrogens with zero attached hydrogens (tertiary/aromatic N) is 1. The summed E-state index contributed by atoms with van der Waals surface area (Å²) in [6.07, 6.45) is 0.872. The molecule has 0 radical (unpaired) electrons. The number of carbonyl (C=O) groups excluding carboxylic acids is 1. The molecule has 1 fully saturated rings. The maximum atomic E-state index is 12.2. The first kappa shape index (κ1) is 20.3. The largest absolute Gasteiger partial charge is 0.493 e. The molecule has 9 heteroatoms. The number of benzene rings is 1. The molecule has 0 aromatic heterocycles. The number of hydrogen-bond donors (Lipinski definition) is 1. The number of nitrogens with one attached hydrogen (secondary N) is 1. The molecular weight excluding hydrogens is 360 g/mol. The number of amides is 1. The number of sulfone groups is 1. The molecule has 1 heterocycles. The standard InChI is InChI=1S/C17H26N2O6S/c1-19(13-6-8-26(21,22)11-13)7-5-16(20)18-12-9-14(23-2)17(25-4)15(10-12)24-3/h9-10,13H,5-8,11H2,1-4H3,(H,18,20). The van der Waals surface area contributed by atoms with E-state index in [1.807, 2.05) is 11.9 Å². The van der Waals surface area contributed by atoms with E-state index in [4.69, 9.17) is 14.2 Å². The molecule has 0 bridgehead atoms. The Morgan fingerprint density at radius 3 is 2.27 bits per heavy atom. The summed E-state index contributed by atoms with van der Waals surface area (Å²) < 4.78 is 38.9. The van der Waals surface area contributed by atoms with Crippen LogP contribution in [0.2, 0.25) is 0 Å². The van der Waals surface area contributed by atoms with Crippen LogP contribution in [0.3, 0.4) is 0 Å². The van der Waals surface area contributed by atoms with E-state index in [1.165, 1.54) is 21.3 Å². The summed E-state index contributed by atoms with van der Waals surface area (Å²) in [7, 11) is 3.44. The van der Waals surface area contributed by atoms with Gasteiger partial charge in [0.1, 0.15) is 0 Å². The van der Waals surface area contributed by atoms with Crippen molar-refractivity contribution in [2.24, 2.45) is 0 Å². The van der Waals surface area contributed by atoms with Gasteiger partial charge in [0.15, 0.2) is 21.3 Å². The van der Waals surface area contributed by atoms with Crippen molar-refractivity contribution in [2.45, 2.75) is 18.9 Å². The topological polar surface area (TPSA) is 94.2 Å². The van der Waals surface area contributed by atoms with E-state index < -0.39 is 9.84 Å². The highest BCUT2D eigenvalue weighted by atomic mass is 32.2. The summed E-state index contributed by atoms with van der Waals surface area (Å²) >= 11 is 0. The molecule has 1 aliphatic rings. The molecule has 1 aromatic carbocycles. The van der Waals surface area contributed by atoms with E-state index in [2.05, 4.69) is 5.32 Å². The van der Waals surface area contributed by atoms with Gasteiger partial charge in [-0.1, -0.05) is 0 Å². The Morgan fingerprint density at radius 1 is 1.19 bits per heavy atom. The van der Waals surface area contributed by atoms with Crippen LogP contribution >= 0.6 is 0 Å². The van der Waals surface area contributed by atoms with Crippen molar-refractivity contribution >= 4 is 21.4 Å². The Bertz CT molecular complexity index is 725. The van der Waals surface area contributed by atoms with Crippen molar-refractivity contribution in [3.8, 4) is 17.2 Å². The first-order valence-corrected chi connectivity index (χ1v) is 10.1. The van der Waals surface area contributed by atoms with Gasteiger partial charge < -0.3 is 24.4 Å². The van der Waals surface area contributed by atoms with Gasteiger partial charge in [-0.3, -0.25) is 4.79 Å². The second kappa shape index (κ2) is 8.59. The third-order valence-electron chi connectivity index (χ3n) is 4.47. The summed E-state index contributed by atoms with van der Waals surface area (Å²) in [5, 5.41) is 2.81. The van der Waals surface area contributed by atoms with Crippen LogP contribution in [-0.4, -0.2) is 71.7 Å². The van der Waals surface area contributed by atoms with Crippen molar-refractivity contribution in [3.05, 3.63) is 12.1 Å². The van der Waals surface area contributed by atoms with Crippen molar-refractivity contribution in [2.75, 3.05) is 51.7 Å². The van der Waals surface area contributed by atoms with Crippen molar-refractivity contribution in [1.29, 1.82) is 0 Å². The van der Waals surface area contributed by atoms with E-state index >= 15 is 0 Å². The van der Waals surface area contributed by atoms with Gasteiger partial charge in [-0.05, 0) is 13.5 Å². The highest BCUT2D eigenvalue weighted by molar-refractivity contribution is 7.91. The molecule has 1 amide bonds. The van der Waals surface area contributed by atoms with Crippen LogP contribution in [0, 0.1) is 0 Å². The van der Waals surface area contributed by atoms with Crippen molar-refractivity contribution < 1.29 is 27.4 Å². The molecule has 0 saturated carbocycles. The van der Waals surface area contributed by atoms with Crippen LogP contribution in [0.15, 0.2) is 12.1 Å². The average Bonchev–Trinajstić information content (AvgIpc) is 2.98. The van der Waals surface area contributed by atoms with Crippen molar-refractivity contribution in [3.63, 3.8) is 0 Å². The summed E-state index contributed by atoms with van der Waals surface area (Å²) in [4.78, 5) is 14.2. The fourth-order valence-corrected chi connectivity index (χ4v) is 4.77. The molecule has 1 N–H and O–H groups in total. The molecule has 8 nitrogen and oxygen atoms in total. The fraction of sp³-hybridized carbons (Fsp3) is 0.588. The third kappa shape index (κ3) is 5.01. The lowest BCUT2D eigenvalue weighted by atomic mass is 10.2. The number of rotatable bonds is 8. The minimum atomic E-state index is -2.93. The highest BCUT2D eigenvalue weighted by Crippen LogP contribution is 2.39. The maximum Gasteiger partial charge on any atom is 0.225 e. The SMILES string of the molecule is COc1cc(NC(=O)CCN(C)C2CCS(=O)(=O)C2)cc(OC)c1OC. The molecule has 26 heavy (non-hydrogen) atoms. The Labute approximate surface area is 154 Å². The lowest BCUT2D eigenvalue weighted by molar-refractivity contribution is -0.116. The second-order valence-corrected chi connectivity index (χ2v) is 8.48. The zero-order valence-electron chi connectivity index (χ0n) is 15.6. The van der Waals surface area contributed by atoms with Crippen LogP contribution in [0.5, 0.6) is 17.2 Å². The first-order chi connectivity index (χ1) is 12.3. The minimum Gasteiger partial charge on any atom is -0.493 e. The summed E-state index contributed by atoms with van der Waals surface area (Å²) in [5.74, 6) is 1.57. The first-order valence-electron chi connectivity index (χ1n) is 8.30. The normalized spacial score (nSPS) is 18.6. The Hall–Kier alpha value is -2.00. The van der Waals surface area contributed by atoms with Crippen LogP contribution in [0.25, 0.3) is 0 Å². The molecule has 0 aliphatic carbocycles. The number of hydrogen-bond acceptors (Lipinski definition) is 7. The summed E-state index contributed by atoms with van der Waals surface area (Å²) in [6, 6.07) is 3.30. The number of anilines is 1. The maximum absolute atomic E-state index is 12.2. The van der Waals surface area contributed by atoms with Gasteiger partial charge in [0.05, 0.1) is 32.8 Å². The monoisotopic (exact) mass is 386 g/mol. The number of ether oxygens (including phenoxy) is 3. The number of carbonyl (C=O) groups is 1. The smallest absolute Gasteiger partial charge is 0.225 e. The third-order valence-corrected chi connectivity index (χ3v) is 6.22. The highest BCUT2D eigenvalue weighted by Gasteiger charge is 2.30. The zero-order valence-corrected chi connectivity index (χ0v) is 16.4. The molecule has 1 unspecified atom stereocenters. The van der Waals surface area contributed by atoms with Crippen LogP contribution in [0.1, 0.15) is 12.8 Å². The predicted octanol–water partition coefficient (Wildman–Crippen LogP) is 1.16. The molecule has 1 aromatic rings. The molecule has 1 atom stereocenters. The zero-order chi connectivity index (χ0) is 19.3. The quantitative estimate of drug-likeness (QED) is 0.716. The summed E-state index contributed by atoms with van der Waals surface area (Å²) in [6.45, 7) is 0.483. The summed E-state index contributed by atoms with van der Waals surface area (Å²) in [5.41, 5.74) is 0.538. The second-order valence-electron chi connectivity index (χ2n) is 6.25. The van der Waals surface area contributed by atoms with E-state index in [0.717, 1.165) is 0 Å². The lowest BCUT2D eigenvalue weighted by Gasteiger charge is -2.22. The van der Waals surface area contributed by atoms with Crippen LogP contribution in [0.4, 0.5) is 5.69 Å². The molecule has 146 valence electrons. The predicted molar refractivity (Wildman–Crippen MR) is 99.0 cm³/mol. The molecular formula is C17H26N2O6S. The van der Waals surface area contributed by atoms with Gasteiger partial charge in [-0.15, -0.1) is 0 Å². The van der Waals surface area contributed by atoms with Gasteiger partial charge in [0.25, 0.3) is 0 Å². The van der Waals surface area contributed by atoms with E-state index in [9.17, 15) is 13.2 Å². The minimum absolute atomic E-state index is 0.0195. The lowest BCUT2D eigenvalue weighted by Crippen LogP contribution is -2.35. The molecule has 2 rings (SSSR count). The Morgan fingerprint density at radius 2 is 1.81 bits per heavy atom. The van der Waals surface area contributed by atoms with Crippen LogP contribution < -0.4 is 19.5 Å². The van der Waals surface area contributed by atoms with Gasteiger partial charge >= 0.3 is 0 Å². The molecule has 1 saturated heterocycles.